The van der Waals surface area contributed by atoms with E-state index >= 15 is 0 Å². The molecule has 3 atom stereocenters. The van der Waals surface area contributed by atoms with Gasteiger partial charge in [0.2, 0.25) is 0 Å². The van der Waals surface area contributed by atoms with E-state index in [4.69, 9.17) is 0 Å². The van der Waals surface area contributed by atoms with E-state index in [1.54, 1.807) is 0 Å². The van der Waals surface area contributed by atoms with Crippen LogP contribution in [0.2, 0.25) is 0 Å². The molecule has 1 heteroatoms. The van der Waals surface area contributed by atoms with Crippen LogP contribution in [0.4, 0.5) is 0 Å². The van der Waals surface area contributed by atoms with Crippen molar-refractivity contribution in [3.05, 3.63) is 0 Å². The van der Waals surface area contributed by atoms with Gasteiger partial charge in [-0.3, -0.25) is 0 Å². The molecule has 0 N–H and O–H groups in total. The van der Waals surface area contributed by atoms with Crippen molar-refractivity contribution in [2.45, 2.75) is 39.5 Å². The van der Waals surface area contributed by atoms with E-state index < -0.39 is 0 Å². The van der Waals surface area contributed by atoms with Gasteiger partial charge in [-0.1, -0.05) is 20.3 Å². The summed E-state index contributed by atoms with van der Waals surface area (Å²) < 4.78 is 0. The van der Waals surface area contributed by atoms with Gasteiger partial charge in [0.05, 0.1) is 0 Å². The lowest BCUT2D eigenvalue weighted by Crippen LogP contribution is -2.29. The van der Waals surface area contributed by atoms with Gasteiger partial charge in [0.1, 0.15) is 0 Å². The van der Waals surface area contributed by atoms with Gasteiger partial charge in [-0.15, -0.1) is 0 Å². The Kier molecular flexibility index (Phi) is 2.92. The summed E-state index contributed by atoms with van der Waals surface area (Å²) in [5.41, 5.74) is 0. The highest BCUT2D eigenvalue weighted by Gasteiger charge is 2.34. The first-order chi connectivity index (χ1) is 6.25. The third-order valence-electron chi connectivity index (χ3n) is 3.76. The molecule has 1 heterocycles. The van der Waals surface area contributed by atoms with Crippen LogP contribution in [0.25, 0.3) is 0 Å². The van der Waals surface area contributed by atoms with E-state index in [2.05, 4.69) is 18.7 Å². The Morgan fingerprint density at radius 1 is 1.23 bits per heavy atom. The van der Waals surface area contributed by atoms with Crippen molar-refractivity contribution < 1.29 is 0 Å². The zero-order chi connectivity index (χ0) is 9.26. The van der Waals surface area contributed by atoms with Crippen molar-refractivity contribution in [1.82, 2.24) is 4.90 Å². The lowest BCUT2D eigenvalue weighted by molar-refractivity contribution is 0.243. The van der Waals surface area contributed by atoms with Gasteiger partial charge in [-0.2, -0.15) is 0 Å². The van der Waals surface area contributed by atoms with Gasteiger partial charge in [0.15, 0.2) is 0 Å². The third-order valence-corrected chi connectivity index (χ3v) is 3.76. The Morgan fingerprint density at radius 2 is 2.00 bits per heavy atom. The first-order valence-corrected chi connectivity index (χ1v) is 5.98. The average molecular weight is 181 g/mol. The first kappa shape index (κ1) is 9.51. The third kappa shape index (κ3) is 2.70. The van der Waals surface area contributed by atoms with Crippen LogP contribution in [0, 0.1) is 17.8 Å². The molecule has 1 saturated heterocycles. The van der Waals surface area contributed by atoms with Crippen LogP contribution in [0.3, 0.4) is 0 Å². The van der Waals surface area contributed by atoms with Crippen molar-refractivity contribution in [3.8, 4) is 0 Å². The molecule has 2 rings (SSSR count). The predicted octanol–water partition coefficient (Wildman–Crippen LogP) is 2.76. The molecular formula is C12H23N. The number of hydrogen-bond donors (Lipinski definition) is 0. The summed E-state index contributed by atoms with van der Waals surface area (Å²) >= 11 is 0. The molecule has 13 heavy (non-hydrogen) atoms. The summed E-state index contributed by atoms with van der Waals surface area (Å²) in [7, 11) is 0. The highest BCUT2D eigenvalue weighted by molar-refractivity contribution is 4.85. The van der Waals surface area contributed by atoms with Crippen molar-refractivity contribution in [1.29, 1.82) is 0 Å². The first-order valence-electron chi connectivity index (χ1n) is 5.98. The molecule has 1 aliphatic heterocycles. The summed E-state index contributed by atoms with van der Waals surface area (Å²) in [6.45, 7) is 8.93. The second kappa shape index (κ2) is 4.00. The highest BCUT2D eigenvalue weighted by atomic mass is 15.1. The molecule has 1 aliphatic carbocycles. The second-order valence-corrected chi connectivity index (χ2v) is 5.33. The zero-order valence-corrected chi connectivity index (χ0v) is 9.13. The molecule has 1 nitrogen and oxygen atoms in total. The van der Waals surface area contributed by atoms with Gasteiger partial charge in [-0.05, 0) is 43.6 Å². The van der Waals surface area contributed by atoms with Gasteiger partial charge in [0, 0.05) is 13.1 Å². The van der Waals surface area contributed by atoms with E-state index in [1.807, 2.05) is 0 Å². The Labute approximate surface area is 82.5 Å². The topological polar surface area (TPSA) is 3.24 Å². The van der Waals surface area contributed by atoms with Gasteiger partial charge < -0.3 is 4.90 Å². The molecule has 0 aromatic carbocycles. The summed E-state index contributed by atoms with van der Waals surface area (Å²) in [5.74, 6) is 3.01. The molecule has 0 radical (unpaired) electrons. The van der Waals surface area contributed by atoms with Gasteiger partial charge >= 0.3 is 0 Å². The van der Waals surface area contributed by atoms with Crippen LogP contribution in [0.5, 0.6) is 0 Å². The number of nitrogens with zero attached hydrogens (tertiary/aromatic N) is 1. The van der Waals surface area contributed by atoms with Crippen LogP contribution >= 0.6 is 0 Å². The minimum absolute atomic E-state index is 0.941. The maximum absolute atomic E-state index is 2.71. The minimum atomic E-state index is 0.941. The maximum atomic E-state index is 2.71. The van der Waals surface area contributed by atoms with E-state index in [-0.39, 0.29) is 0 Å². The van der Waals surface area contributed by atoms with E-state index in [0.717, 1.165) is 17.8 Å². The molecule has 3 unspecified atom stereocenters. The number of likely N-dealkylation sites (tertiary alicyclic amines) is 1. The second-order valence-electron chi connectivity index (χ2n) is 5.33. The predicted molar refractivity (Wildman–Crippen MR) is 56.7 cm³/mol. The Bertz CT molecular complexity index is 167. The van der Waals surface area contributed by atoms with E-state index in [0.29, 0.717) is 0 Å². The molecule has 1 saturated carbocycles. The fourth-order valence-corrected chi connectivity index (χ4v) is 2.60. The molecule has 0 spiro atoms. The lowest BCUT2D eigenvalue weighted by atomic mass is 10.1. The van der Waals surface area contributed by atoms with Crippen LogP contribution in [0.1, 0.15) is 39.5 Å². The van der Waals surface area contributed by atoms with Crippen molar-refractivity contribution >= 4 is 0 Å². The highest BCUT2D eigenvalue weighted by Crippen LogP contribution is 2.38. The Balaban J connectivity index is 1.76. The normalized spacial score (nSPS) is 41.5. The summed E-state index contributed by atoms with van der Waals surface area (Å²) in [6, 6.07) is 0. The maximum Gasteiger partial charge on any atom is 0.00124 e. The summed E-state index contributed by atoms with van der Waals surface area (Å²) in [6.07, 6.45) is 5.84. The number of hydrogen-bond acceptors (Lipinski definition) is 1. The monoisotopic (exact) mass is 181 g/mol. The quantitative estimate of drug-likeness (QED) is 0.633. The number of rotatable bonds is 2. The lowest BCUT2D eigenvalue weighted by Gasteiger charge is -2.22. The largest absolute Gasteiger partial charge is 0.303 e. The molecular weight excluding hydrogens is 158 g/mol. The molecule has 2 aliphatic rings. The zero-order valence-electron chi connectivity index (χ0n) is 9.13. The standard InChI is InChI=1S/C12H23N/c1-10-5-3-4-6-13(8-10)9-12-7-11(12)2/h10-12H,3-9H2,1-2H3. The molecule has 0 amide bonds. The Hall–Kier alpha value is -0.0400. The van der Waals surface area contributed by atoms with Crippen LogP contribution in [-0.4, -0.2) is 24.5 Å². The molecule has 0 bridgehead atoms. The average Bonchev–Trinajstić information content (AvgIpc) is 2.78. The SMILES string of the molecule is CC1CCCCN(CC2CC2C)C1. The molecule has 76 valence electrons. The van der Waals surface area contributed by atoms with Crippen molar-refractivity contribution in [2.75, 3.05) is 19.6 Å². The van der Waals surface area contributed by atoms with Crippen LogP contribution in [0.15, 0.2) is 0 Å². The Morgan fingerprint density at radius 3 is 2.69 bits per heavy atom. The fraction of sp³-hybridized carbons (Fsp3) is 1.00. The van der Waals surface area contributed by atoms with E-state index in [9.17, 15) is 0 Å². The smallest absolute Gasteiger partial charge is 0.00124 e. The molecule has 0 aromatic heterocycles. The fourth-order valence-electron chi connectivity index (χ4n) is 2.60. The van der Waals surface area contributed by atoms with Crippen molar-refractivity contribution in [2.24, 2.45) is 17.8 Å². The van der Waals surface area contributed by atoms with Gasteiger partial charge in [-0.25, -0.2) is 0 Å². The van der Waals surface area contributed by atoms with E-state index in [1.165, 1.54) is 45.3 Å². The minimum Gasteiger partial charge on any atom is -0.303 e. The van der Waals surface area contributed by atoms with Crippen LogP contribution in [-0.2, 0) is 0 Å². The molecule has 0 aromatic rings. The van der Waals surface area contributed by atoms with Crippen molar-refractivity contribution in [3.63, 3.8) is 0 Å². The molecule has 2 fully saturated rings. The van der Waals surface area contributed by atoms with Gasteiger partial charge in [0.25, 0.3) is 0 Å². The van der Waals surface area contributed by atoms with Crippen LogP contribution < -0.4 is 0 Å². The summed E-state index contributed by atoms with van der Waals surface area (Å²) in [4.78, 5) is 2.71. The summed E-state index contributed by atoms with van der Waals surface area (Å²) in [5, 5.41) is 0.